The molecule has 4 nitrogen and oxygen atoms in total. The molecular formula is C14H24N2O2. The summed E-state index contributed by atoms with van der Waals surface area (Å²) in [6.45, 7) is 8.05. The van der Waals surface area contributed by atoms with Gasteiger partial charge < -0.3 is 20.1 Å². The summed E-state index contributed by atoms with van der Waals surface area (Å²) in [6, 6.07) is 4.45. The number of hydrogen-bond donors (Lipinski definition) is 2. The smallest absolute Gasteiger partial charge is 0.148 e. The van der Waals surface area contributed by atoms with Gasteiger partial charge in [-0.05, 0) is 19.1 Å². The van der Waals surface area contributed by atoms with Crippen LogP contribution in [0, 0.1) is 6.92 Å². The highest BCUT2D eigenvalue weighted by atomic mass is 16.5. The van der Waals surface area contributed by atoms with Crippen LogP contribution in [-0.2, 0) is 0 Å². The quantitative estimate of drug-likeness (QED) is 0.731. The van der Waals surface area contributed by atoms with Crippen molar-refractivity contribution in [1.29, 1.82) is 0 Å². The summed E-state index contributed by atoms with van der Waals surface area (Å²) in [7, 11) is 3.35. The SMILES string of the molecule is COc1ccc(NCCNC(C)C)c(OC)c1C. The summed E-state index contributed by atoms with van der Waals surface area (Å²) in [4.78, 5) is 0. The zero-order valence-corrected chi connectivity index (χ0v) is 12.0. The Morgan fingerprint density at radius 2 is 1.83 bits per heavy atom. The van der Waals surface area contributed by atoms with E-state index in [9.17, 15) is 0 Å². The first-order valence-corrected chi connectivity index (χ1v) is 6.29. The maximum absolute atomic E-state index is 5.43. The van der Waals surface area contributed by atoms with Crippen LogP contribution < -0.4 is 20.1 Å². The molecule has 0 aromatic heterocycles. The third-order valence-electron chi connectivity index (χ3n) is 2.77. The van der Waals surface area contributed by atoms with Crippen LogP contribution in [0.5, 0.6) is 11.5 Å². The Kier molecular flexibility index (Phi) is 5.78. The molecule has 0 atom stereocenters. The average molecular weight is 252 g/mol. The minimum Gasteiger partial charge on any atom is -0.496 e. The largest absolute Gasteiger partial charge is 0.496 e. The summed E-state index contributed by atoms with van der Waals surface area (Å²) < 4.78 is 10.7. The van der Waals surface area contributed by atoms with E-state index >= 15 is 0 Å². The van der Waals surface area contributed by atoms with Crippen LogP contribution in [0.3, 0.4) is 0 Å². The first kappa shape index (κ1) is 14.6. The van der Waals surface area contributed by atoms with E-state index in [1.807, 2.05) is 19.1 Å². The first-order valence-electron chi connectivity index (χ1n) is 6.29. The Morgan fingerprint density at radius 3 is 2.39 bits per heavy atom. The van der Waals surface area contributed by atoms with Crippen molar-refractivity contribution in [1.82, 2.24) is 5.32 Å². The highest BCUT2D eigenvalue weighted by molar-refractivity contribution is 5.63. The molecule has 1 rings (SSSR count). The summed E-state index contributed by atoms with van der Waals surface area (Å²) in [5.74, 6) is 1.69. The van der Waals surface area contributed by atoms with E-state index < -0.39 is 0 Å². The van der Waals surface area contributed by atoms with Gasteiger partial charge in [-0.15, -0.1) is 0 Å². The molecule has 0 saturated carbocycles. The summed E-state index contributed by atoms with van der Waals surface area (Å²) in [5, 5.41) is 6.73. The molecule has 0 aliphatic rings. The number of ether oxygens (including phenoxy) is 2. The predicted molar refractivity (Wildman–Crippen MR) is 75.9 cm³/mol. The topological polar surface area (TPSA) is 42.5 Å². The molecule has 1 aromatic rings. The minimum atomic E-state index is 0.506. The van der Waals surface area contributed by atoms with Crippen molar-refractivity contribution in [2.24, 2.45) is 0 Å². The molecule has 0 bridgehead atoms. The van der Waals surface area contributed by atoms with Crippen molar-refractivity contribution in [3.8, 4) is 11.5 Å². The average Bonchev–Trinajstić information content (AvgIpc) is 2.34. The highest BCUT2D eigenvalue weighted by Gasteiger charge is 2.10. The molecule has 0 aliphatic heterocycles. The lowest BCUT2D eigenvalue weighted by Crippen LogP contribution is -2.28. The second kappa shape index (κ2) is 7.11. The van der Waals surface area contributed by atoms with E-state index in [1.54, 1.807) is 14.2 Å². The van der Waals surface area contributed by atoms with Crippen LogP contribution >= 0.6 is 0 Å². The Labute approximate surface area is 110 Å². The number of anilines is 1. The fourth-order valence-corrected chi connectivity index (χ4v) is 1.86. The van der Waals surface area contributed by atoms with Crippen LogP contribution in [0.2, 0.25) is 0 Å². The lowest BCUT2D eigenvalue weighted by atomic mass is 10.1. The molecule has 0 aliphatic carbocycles. The Hall–Kier alpha value is -1.42. The number of benzene rings is 1. The monoisotopic (exact) mass is 252 g/mol. The fourth-order valence-electron chi connectivity index (χ4n) is 1.86. The molecule has 0 spiro atoms. The van der Waals surface area contributed by atoms with E-state index in [-0.39, 0.29) is 0 Å². The maximum Gasteiger partial charge on any atom is 0.148 e. The van der Waals surface area contributed by atoms with Gasteiger partial charge in [-0.2, -0.15) is 0 Å². The van der Waals surface area contributed by atoms with E-state index in [1.165, 1.54) is 0 Å². The van der Waals surface area contributed by atoms with E-state index in [2.05, 4.69) is 24.5 Å². The summed E-state index contributed by atoms with van der Waals surface area (Å²) >= 11 is 0. The summed E-state index contributed by atoms with van der Waals surface area (Å²) in [6.07, 6.45) is 0. The van der Waals surface area contributed by atoms with Gasteiger partial charge in [-0.25, -0.2) is 0 Å². The van der Waals surface area contributed by atoms with Gasteiger partial charge in [0.15, 0.2) is 0 Å². The lowest BCUT2D eigenvalue weighted by molar-refractivity contribution is 0.390. The van der Waals surface area contributed by atoms with Gasteiger partial charge >= 0.3 is 0 Å². The maximum atomic E-state index is 5.43. The molecule has 0 fully saturated rings. The molecule has 1 aromatic carbocycles. The van der Waals surface area contributed by atoms with Gasteiger partial charge in [-0.1, -0.05) is 13.8 Å². The van der Waals surface area contributed by atoms with Crippen LogP contribution in [0.15, 0.2) is 12.1 Å². The first-order chi connectivity index (χ1) is 8.60. The molecule has 0 heterocycles. The molecular weight excluding hydrogens is 228 g/mol. The zero-order valence-electron chi connectivity index (χ0n) is 12.0. The van der Waals surface area contributed by atoms with Crippen molar-refractivity contribution in [2.45, 2.75) is 26.8 Å². The second-order valence-corrected chi connectivity index (χ2v) is 4.51. The van der Waals surface area contributed by atoms with E-state index in [4.69, 9.17) is 9.47 Å². The molecule has 0 unspecified atom stereocenters. The number of rotatable bonds is 7. The van der Waals surface area contributed by atoms with Gasteiger partial charge in [-0.3, -0.25) is 0 Å². The number of methoxy groups -OCH3 is 2. The van der Waals surface area contributed by atoms with Crippen molar-refractivity contribution >= 4 is 5.69 Å². The van der Waals surface area contributed by atoms with Crippen molar-refractivity contribution < 1.29 is 9.47 Å². The number of nitrogens with one attached hydrogen (secondary N) is 2. The Balaban J connectivity index is 2.68. The molecule has 0 saturated heterocycles. The van der Waals surface area contributed by atoms with Crippen LogP contribution in [-0.4, -0.2) is 33.4 Å². The number of hydrogen-bond acceptors (Lipinski definition) is 4. The van der Waals surface area contributed by atoms with Crippen molar-refractivity contribution in [2.75, 3.05) is 32.6 Å². The van der Waals surface area contributed by atoms with E-state index in [0.717, 1.165) is 35.8 Å². The molecule has 2 N–H and O–H groups in total. The van der Waals surface area contributed by atoms with E-state index in [0.29, 0.717) is 6.04 Å². The van der Waals surface area contributed by atoms with Gasteiger partial charge in [0.25, 0.3) is 0 Å². The Morgan fingerprint density at radius 1 is 1.11 bits per heavy atom. The highest BCUT2D eigenvalue weighted by Crippen LogP contribution is 2.34. The molecule has 0 amide bonds. The normalized spacial score (nSPS) is 10.6. The molecule has 0 radical (unpaired) electrons. The second-order valence-electron chi connectivity index (χ2n) is 4.51. The lowest BCUT2D eigenvalue weighted by Gasteiger charge is -2.16. The van der Waals surface area contributed by atoms with Crippen LogP contribution in [0.1, 0.15) is 19.4 Å². The fraction of sp³-hybridized carbons (Fsp3) is 0.571. The van der Waals surface area contributed by atoms with Gasteiger partial charge in [0.2, 0.25) is 0 Å². The molecule has 18 heavy (non-hydrogen) atoms. The van der Waals surface area contributed by atoms with Crippen molar-refractivity contribution in [3.63, 3.8) is 0 Å². The Bertz CT molecular complexity index is 378. The van der Waals surface area contributed by atoms with Gasteiger partial charge in [0.1, 0.15) is 11.5 Å². The van der Waals surface area contributed by atoms with Gasteiger partial charge in [0.05, 0.1) is 19.9 Å². The molecule has 4 heteroatoms. The standard InChI is InChI=1S/C14H24N2O2/c1-10(2)15-8-9-16-12-6-7-13(17-4)11(3)14(12)18-5/h6-7,10,15-16H,8-9H2,1-5H3. The van der Waals surface area contributed by atoms with Crippen molar-refractivity contribution in [3.05, 3.63) is 17.7 Å². The van der Waals surface area contributed by atoms with Crippen LogP contribution in [0.4, 0.5) is 5.69 Å². The third kappa shape index (κ3) is 3.81. The minimum absolute atomic E-state index is 0.506. The summed E-state index contributed by atoms with van der Waals surface area (Å²) in [5.41, 5.74) is 2.02. The molecule has 102 valence electrons. The van der Waals surface area contributed by atoms with Gasteiger partial charge in [0, 0.05) is 24.7 Å². The zero-order chi connectivity index (χ0) is 13.5. The third-order valence-corrected chi connectivity index (χ3v) is 2.77. The predicted octanol–water partition coefficient (Wildman–Crippen LogP) is 2.42. The van der Waals surface area contributed by atoms with Crippen LogP contribution in [0.25, 0.3) is 0 Å².